The second-order valence-electron chi connectivity index (χ2n) is 6.85. The van der Waals surface area contributed by atoms with Gasteiger partial charge in [-0.1, -0.05) is 0 Å². The van der Waals surface area contributed by atoms with Crippen molar-refractivity contribution >= 4 is 49.0 Å². The number of alkyl halides is 3. The van der Waals surface area contributed by atoms with Gasteiger partial charge in [0.1, 0.15) is 0 Å². The first-order valence-corrected chi connectivity index (χ1v) is 11.7. The molecule has 1 aliphatic carbocycles. The molecule has 0 amide bonds. The molecule has 1 aliphatic rings. The topological polar surface area (TPSA) is 102 Å². The van der Waals surface area contributed by atoms with Crippen LogP contribution in [0.25, 0.3) is 0 Å². The van der Waals surface area contributed by atoms with E-state index in [0.29, 0.717) is 36.0 Å². The lowest BCUT2D eigenvalue weighted by atomic mass is 10.2. The van der Waals surface area contributed by atoms with E-state index in [4.69, 9.17) is 17.4 Å². The van der Waals surface area contributed by atoms with E-state index in [1.54, 1.807) is 0 Å². The summed E-state index contributed by atoms with van der Waals surface area (Å²) in [5.74, 6) is 0.110. The van der Waals surface area contributed by atoms with Gasteiger partial charge in [-0.05, 0) is 71.7 Å². The van der Waals surface area contributed by atoms with Crippen molar-refractivity contribution in [3.8, 4) is 0 Å². The van der Waals surface area contributed by atoms with Gasteiger partial charge in [0.05, 0.1) is 15.1 Å². The molecule has 0 aliphatic heterocycles. The molecule has 7 nitrogen and oxygen atoms in total. The van der Waals surface area contributed by atoms with E-state index in [0.717, 1.165) is 12.8 Å². The summed E-state index contributed by atoms with van der Waals surface area (Å²) in [7, 11) is -3.77. The maximum atomic E-state index is 13.1. The average molecular weight is 526 g/mol. The maximum Gasteiger partial charge on any atom is 0.436 e. The molecule has 1 aromatic carbocycles. The molecule has 2 aromatic rings. The molecule has 13 heteroatoms. The molecule has 1 saturated carbocycles. The molecule has 1 heterocycles. The van der Waals surface area contributed by atoms with Crippen LogP contribution in [0.15, 0.2) is 33.6 Å². The van der Waals surface area contributed by atoms with Gasteiger partial charge in [0, 0.05) is 24.7 Å². The van der Waals surface area contributed by atoms with E-state index in [1.165, 1.54) is 28.9 Å². The summed E-state index contributed by atoms with van der Waals surface area (Å²) in [5.41, 5.74) is 0.275. The number of aromatic nitrogens is 2. The Bertz CT molecular complexity index is 1030. The number of hydrogen-bond donors (Lipinski definition) is 3. The third-order valence-corrected chi connectivity index (χ3v) is 6.39. The Morgan fingerprint density at radius 1 is 1.30 bits per heavy atom. The quantitative estimate of drug-likeness (QED) is 0.377. The highest BCUT2D eigenvalue weighted by Crippen LogP contribution is 2.46. The van der Waals surface area contributed by atoms with Gasteiger partial charge < -0.3 is 10.6 Å². The lowest BCUT2D eigenvalue weighted by Gasteiger charge is -2.12. The van der Waals surface area contributed by atoms with E-state index < -0.39 is 21.9 Å². The fraction of sp³-hybridized carbons (Fsp3) is 0.412. The number of nitrogens with one attached hydrogen (secondary N) is 2. The number of nitrogens with zero attached hydrogens (tertiary/aromatic N) is 2. The minimum absolute atomic E-state index is 0.0120. The van der Waals surface area contributed by atoms with Crippen LogP contribution in [0.5, 0.6) is 0 Å². The van der Waals surface area contributed by atoms with Crippen molar-refractivity contribution in [2.75, 3.05) is 11.9 Å². The SMILES string of the molecule is NS(=O)(=O)c1ccc(NC(=S)NCCCn2nc(C(F)(F)F)c(Br)c2C2CC2)cc1. The maximum absolute atomic E-state index is 13.1. The highest BCUT2D eigenvalue weighted by atomic mass is 79.9. The van der Waals surface area contributed by atoms with Crippen LogP contribution in [0.2, 0.25) is 0 Å². The molecule has 0 unspecified atom stereocenters. The summed E-state index contributed by atoms with van der Waals surface area (Å²) in [5, 5.41) is 15.0. The van der Waals surface area contributed by atoms with Crippen molar-refractivity contribution in [1.29, 1.82) is 0 Å². The number of halogens is 4. The summed E-state index contributed by atoms with van der Waals surface area (Å²) in [6.45, 7) is 0.739. The first kappa shape index (κ1) is 23.0. The molecule has 0 radical (unpaired) electrons. The van der Waals surface area contributed by atoms with Gasteiger partial charge in [-0.3, -0.25) is 4.68 Å². The average Bonchev–Trinajstić information content (AvgIpc) is 3.40. The van der Waals surface area contributed by atoms with Gasteiger partial charge in [0.25, 0.3) is 0 Å². The van der Waals surface area contributed by atoms with Gasteiger partial charge in [-0.15, -0.1) is 0 Å². The van der Waals surface area contributed by atoms with Crippen LogP contribution in [-0.2, 0) is 22.7 Å². The van der Waals surface area contributed by atoms with Crippen LogP contribution in [0.4, 0.5) is 18.9 Å². The van der Waals surface area contributed by atoms with E-state index in [-0.39, 0.29) is 15.3 Å². The van der Waals surface area contributed by atoms with Crippen LogP contribution in [-0.4, -0.2) is 29.9 Å². The second-order valence-corrected chi connectivity index (χ2v) is 9.61. The van der Waals surface area contributed by atoms with E-state index in [9.17, 15) is 21.6 Å². The molecule has 3 rings (SSSR count). The number of primary sulfonamides is 1. The largest absolute Gasteiger partial charge is 0.436 e. The number of nitrogens with two attached hydrogens (primary N) is 1. The fourth-order valence-corrected chi connectivity index (χ4v) is 4.45. The number of anilines is 1. The Kier molecular flexibility index (Phi) is 6.75. The second kappa shape index (κ2) is 8.81. The number of benzene rings is 1. The molecule has 30 heavy (non-hydrogen) atoms. The Balaban J connectivity index is 1.52. The molecular formula is C17H19BrF3N5O2S2. The van der Waals surface area contributed by atoms with Crippen molar-refractivity contribution in [3.05, 3.63) is 40.1 Å². The molecule has 0 spiro atoms. The Morgan fingerprint density at radius 2 is 1.93 bits per heavy atom. The minimum atomic E-state index is -4.50. The number of rotatable bonds is 7. The normalized spacial score (nSPS) is 14.6. The highest BCUT2D eigenvalue weighted by Gasteiger charge is 2.41. The van der Waals surface area contributed by atoms with Crippen LogP contribution >= 0.6 is 28.1 Å². The zero-order chi connectivity index (χ0) is 22.1. The predicted octanol–water partition coefficient (Wildman–Crippen LogP) is 3.57. The Hall–Kier alpha value is -1.70. The summed E-state index contributed by atoms with van der Waals surface area (Å²) in [4.78, 5) is -0.0120. The fourth-order valence-electron chi connectivity index (χ4n) is 2.89. The van der Waals surface area contributed by atoms with Crippen molar-refractivity contribution in [2.45, 2.75) is 42.8 Å². The summed E-state index contributed by atoms with van der Waals surface area (Å²) < 4.78 is 63.4. The lowest BCUT2D eigenvalue weighted by molar-refractivity contribution is -0.142. The smallest absolute Gasteiger partial charge is 0.362 e. The Morgan fingerprint density at radius 3 is 2.47 bits per heavy atom. The van der Waals surface area contributed by atoms with Crippen LogP contribution < -0.4 is 15.8 Å². The summed E-state index contributed by atoms with van der Waals surface area (Å²) in [6, 6.07) is 5.76. The van der Waals surface area contributed by atoms with Crippen molar-refractivity contribution in [1.82, 2.24) is 15.1 Å². The van der Waals surface area contributed by atoms with Crippen molar-refractivity contribution in [3.63, 3.8) is 0 Å². The monoisotopic (exact) mass is 525 g/mol. The lowest BCUT2D eigenvalue weighted by Crippen LogP contribution is -2.30. The van der Waals surface area contributed by atoms with Crippen LogP contribution in [0.3, 0.4) is 0 Å². The number of hydrogen-bond acceptors (Lipinski definition) is 4. The minimum Gasteiger partial charge on any atom is -0.362 e. The summed E-state index contributed by atoms with van der Waals surface area (Å²) >= 11 is 8.25. The van der Waals surface area contributed by atoms with Gasteiger partial charge in [0.15, 0.2) is 10.8 Å². The number of aryl methyl sites for hydroxylation is 1. The van der Waals surface area contributed by atoms with Gasteiger partial charge >= 0.3 is 6.18 Å². The zero-order valence-electron chi connectivity index (χ0n) is 15.5. The van der Waals surface area contributed by atoms with Gasteiger partial charge in [-0.25, -0.2) is 13.6 Å². The predicted molar refractivity (Wildman–Crippen MR) is 114 cm³/mol. The third-order valence-electron chi connectivity index (χ3n) is 4.44. The van der Waals surface area contributed by atoms with Crippen molar-refractivity contribution < 1.29 is 21.6 Å². The molecule has 0 saturated heterocycles. The van der Waals surface area contributed by atoms with Gasteiger partial charge in [0.2, 0.25) is 10.0 Å². The summed E-state index contributed by atoms with van der Waals surface area (Å²) in [6.07, 6.45) is -2.27. The third kappa shape index (κ3) is 5.71. The first-order valence-electron chi connectivity index (χ1n) is 8.98. The van der Waals surface area contributed by atoms with E-state index >= 15 is 0 Å². The first-order chi connectivity index (χ1) is 14.0. The molecule has 164 valence electrons. The Labute approximate surface area is 185 Å². The molecular weight excluding hydrogens is 507 g/mol. The molecule has 4 N–H and O–H groups in total. The van der Waals surface area contributed by atoms with Crippen molar-refractivity contribution in [2.24, 2.45) is 5.14 Å². The molecule has 0 bridgehead atoms. The van der Waals surface area contributed by atoms with Crippen LogP contribution in [0, 0.1) is 0 Å². The zero-order valence-corrected chi connectivity index (χ0v) is 18.8. The molecule has 1 fully saturated rings. The van der Waals surface area contributed by atoms with Crippen LogP contribution in [0.1, 0.15) is 36.6 Å². The van der Waals surface area contributed by atoms with Gasteiger partial charge in [-0.2, -0.15) is 18.3 Å². The highest BCUT2D eigenvalue weighted by molar-refractivity contribution is 9.10. The molecule has 1 aromatic heterocycles. The van der Waals surface area contributed by atoms with E-state index in [2.05, 4.69) is 31.7 Å². The number of sulfonamides is 1. The standard InChI is InChI=1S/C17H19BrF3N5O2S2/c18-13-14(10-2-3-10)26(25-15(13)17(19,20)21)9-1-8-23-16(29)24-11-4-6-12(7-5-11)30(22,27)28/h4-7,10H,1-3,8-9H2,(H2,22,27,28)(H2,23,24,29). The number of thiocarbonyl (C=S) groups is 1. The molecule has 0 atom stereocenters. The van der Waals surface area contributed by atoms with E-state index in [1.807, 2.05) is 0 Å².